The molecule has 0 unspecified atom stereocenters. The Morgan fingerprint density at radius 3 is 1.89 bits per heavy atom. The average Bonchev–Trinajstić information content (AvgIpc) is 2.92. The van der Waals surface area contributed by atoms with Crippen molar-refractivity contribution in [2.45, 2.75) is 23.3 Å². The molecule has 2 aromatic rings. The number of nitrogens with one attached hydrogen (secondary N) is 1. The highest BCUT2D eigenvalue weighted by atomic mass is 32.2. The summed E-state index contributed by atoms with van der Waals surface area (Å²) in [5.74, 6) is 0.0446. The monoisotopic (exact) mass is 553 g/mol. The lowest BCUT2D eigenvalue weighted by Crippen LogP contribution is -2.40. The van der Waals surface area contributed by atoms with Gasteiger partial charge >= 0.3 is 0 Å². The van der Waals surface area contributed by atoms with Crippen LogP contribution in [0.4, 0.5) is 0 Å². The van der Waals surface area contributed by atoms with E-state index in [1.807, 2.05) is 0 Å². The van der Waals surface area contributed by atoms with Crippen LogP contribution in [-0.4, -0.2) is 90.6 Å². The van der Waals surface area contributed by atoms with Crippen LogP contribution in [0.25, 0.3) is 0 Å². The van der Waals surface area contributed by atoms with Crippen LogP contribution >= 0.6 is 0 Å². The Hall–Kier alpha value is -2.55. The lowest BCUT2D eigenvalue weighted by atomic mass is 10.2. The van der Waals surface area contributed by atoms with Crippen molar-refractivity contribution in [1.29, 1.82) is 0 Å². The Morgan fingerprint density at radius 2 is 1.35 bits per heavy atom. The van der Waals surface area contributed by atoms with Crippen molar-refractivity contribution in [2.75, 3.05) is 59.2 Å². The molecule has 0 saturated carbocycles. The lowest BCUT2D eigenvalue weighted by molar-refractivity contribution is -0.123. The standard InChI is InChI=1S/C24H31N3O8S2/c1-19-16-22(37(31,32)27-10-14-34-15-11-27)6-7-23(19)35-18-24(28)25-17-20-2-4-21(5-3-20)36(29,30)26-8-12-33-13-9-26/h2-7,16H,8-15,17-18H2,1H3,(H,25,28). The van der Waals surface area contributed by atoms with E-state index in [9.17, 15) is 21.6 Å². The molecule has 1 N–H and O–H groups in total. The van der Waals surface area contributed by atoms with E-state index < -0.39 is 20.0 Å². The van der Waals surface area contributed by atoms with Crippen molar-refractivity contribution in [1.82, 2.24) is 13.9 Å². The van der Waals surface area contributed by atoms with E-state index in [4.69, 9.17) is 14.2 Å². The molecule has 0 radical (unpaired) electrons. The van der Waals surface area contributed by atoms with E-state index in [2.05, 4.69) is 5.32 Å². The third-order valence-corrected chi connectivity index (χ3v) is 9.94. The second kappa shape index (κ2) is 11.9. The molecule has 2 aliphatic rings. The van der Waals surface area contributed by atoms with Crippen LogP contribution < -0.4 is 10.1 Å². The fourth-order valence-electron chi connectivity index (χ4n) is 3.99. The van der Waals surface area contributed by atoms with Gasteiger partial charge in [-0.15, -0.1) is 0 Å². The van der Waals surface area contributed by atoms with Crippen molar-refractivity contribution in [2.24, 2.45) is 0 Å². The van der Waals surface area contributed by atoms with Gasteiger partial charge < -0.3 is 19.5 Å². The van der Waals surface area contributed by atoms with Crippen LogP contribution in [0.1, 0.15) is 11.1 Å². The summed E-state index contributed by atoms with van der Waals surface area (Å²) < 4.78 is 69.9. The van der Waals surface area contributed by atoms with Crippen LogP contribution in [0, 0.1) is 6.92 Å². The predicted molar refractivity (Wildman–Crippen MR) is 134 cm³/mol. The second-order valence-electron chi connectivity index (χ2n) is 8.67. The highest BCUT2D eigenvalue weighted by molar-refractivity contribution is 7.89. The van der Waals surface area contributed by atoms with Gasteiger partial charge in [0.25, 0.3) is 5.91 Å². The van der Waals surface area contributed by atoms with E-state index >= 15 is 0 Å². The minimum Gasteiger partial charge on any atom is -0.484 e. The molecule has 37 heavy (non-hydrogen) atoms. The van der Waals surface area contributed by atoms with Gasteiger partial charge in [0.15, 0.2) is 6.61 Å². The van der Waals surface area contributed by atoms with Crippen LogP contribution in [0.3, 0.4) is 0 Å². The maximum atomic E-state index is 12.8. The molecule has 0 spiro atoms. The fraction of sp³-hybridized carbons (Fsp3) is 0.458. The summed E-state index contributed by atoms with van der Waals surface area (Å²) in [6.45, 7) is 4.44. The number of rotatable bonds is 9. The quantitative estimate of drug-likeness (QED) is 0.481. The molecule has 0 bridgehead atoms. The highest BCUT2D eigenvalue weighted by Crippen LogP contribution is 2.24. The first kappa shape index (κ1) is 27.5. The van der Waals surface area contributed by atoms with Gasteiger partial charge in [0.2, 0.25) is 20.0 Å². The molecule has 2 aromatic carbocycles. The Labute approximate surface area is 217 Å². The van der Waals surface area contributed by atoms with Gasteiger partial charge in [-0.3, -0.25) is 4.79 Å². The van der Waals surface area contributed by atoms with Crippen molar-refractivity contribution in [3.63, 3.8) is 0 Å². The first-order valence-electron chi connectivity index (χ1n) is 11.9. The van der Waals surface area contributed by atoms with Crippen LogP contribution in [0.15, 0.2) is 52.3 Å². The van der Waals surface area contributed by atoms with Crippen molar-refractivity contribution in [3.05, 3.63) is 53.6 Å². The molecule has 0 aliphatic carbocycles. The zero-order valence-electron chi connectivity index (χ0n) is 20.6. The minimum absolute atomic E-state index is 0.169. The zero-order chi connectivity index (χ0) is 26.5. The fourth-order valence-corrected chi connectivity index (χ4v) is 6.89. The normalized spacial score (nSPS) is 17.9. The molecule has 1 amide bonds. The van der Waals surface area contributed by atoms with Gasteiger partial charge in [-0.25, -0.2) is 16.8 Å². The third-order valence-electron chi connectivity index (χ3n) is 6.13. The Bertz CT molecular complexity index is 1300. The first-order chi connectivity index (χ1) is 17.7. The van der Waals surface area contributed by atoms with Gasteiger partial charge in [-0.1, -0.05) is 12.1 Å². The molecule has 202 valence electrons. The van der Waals surface area contributed by atoms with Gasteiger partial charge in [0.1, 0.15) is 5.75 Å². The molecule has 13 heteroatoms. The summed E-state index contributed by atoms with van der Waals surface area (Å²) in [4.78, 5) is 12.7. The van der Waals surface area contributed by atoms with Gasteiger partial charge in [-0.2, -0.15) is 8.61 Å². The molecular formula is C24H31N3O8S2. The van der Waals surface area contributed by atoms with Crippen molar-refractivity contribution in [3.8, 4) is 5.75 Å². The molecule has 11 nitrogen and oxygen atoms in total. The summed E-state index contributed by atoms with van der Waals surface area (Å²) in [5, 5.41) is 2.73. The number of morpholine rings is 2. The number of nitrogens with zero attached hydrogens (tertiary/aromatic N) is 2. The van der Waals surface area contributed by atoms with E-state index in [1.165, 1.54) is 32.9 Å². The zero-order valence-corrected chi connectivity index (χ0v) is 22.2. The molecular weight excluding hydrogens is 522 g/mol. The summed E-state index contributed by atoms with van der Waals surface area (Å²) in [7, 11) is -7.19. The van der Waals surface area contributed by atoms with Crippen LogP contribution in [0.5, 0.6) is 5.75 Å². The maximum absolute atomic E-state index is 12.8. The van der Waals surface area contributed by atoms with E-state index in [-0.39, 0.29) is 28.8 Å². The Kier molecular flexibility index (Phi) is 8.82. The highest BCUT2D eigenvalue weighted by Gasteiger charge is 2.27. The number of amides is 1. The number of hydrogen-bond acceptors (Lipinski definition) is 8. The van der Waals surface area contributed by atoms with Gasteiger partial charge in [0.05, 0.1) is 36.2 Å². The third kappa shape index (κ3) is 6.67. The Morgan fingerprint density at radius 1 is 0.838 bits per heavy atom. The number of ether oxygens (including phenoxy) is 3. The number of sulfonamides is 2. The molecule has 2 heterocycles. The number of hydrogen-bond donors (Lipinski definition) is 1. The second-order valence-corrected chi connectivity index (χ2v) is 12.5. The van der Waals surface area contributed by atoms with Crippen LogP contribution in [0.2, 0.25) is 0 Å². The minimum atomic E-state index is -3.62. The number of carbonyl (C=O) groups excluding carboxylic acids is 1. The Balaban J connectivity index is 1.28. The molecule has 0 atom stereocenters. The number of benzene rings is 2. The largest absolute Gasteiger partial charge is 0.484 e. The predicted octanol–water partition coefficient (Wildman–Crippen LogP) is 0.732. The SMILES string of the molecule is Cc1cc(S(=O)(=O)N2CCOCC2)ccc1OCC(=O)NCc1ccc(S(=O)(=O)N2CCOCC2)cc1. The van der Waals surface area contributed by atoms with E-state index in [0.29, 0.717) is 63.9 Å². The first-order valence-corrected chi connectivity index (χ1v) is 14.8. The lowest BCUT2D eigenvalue weighted by Gasteiger charge is -2.26. The smallest absolute Gasteiger partial charge is 0.258 e. The number of aryl methyl sites for hydroxylation is 1. The summed E-state index contributed by atoms with van der Waals surface area (Å²) in [5.41, 5.74) is 1.34. The van der Waals surface area contributed by atoms with Crippen molar-refractivity contribution < 1.29 is 35.8 Å². The van der Waals surface area contributed by atoms with E-state index in [1.54, 1.807) is 25.1 Å². The molecule has 2 saturated heterocycles. The summed E-state index contributed by atoms with van der Waals surface area (Å²) in [6.07, 6.45) is 0. The van der Waals surface area contributed by atoms with Gasteiger partial charge in [0, 0.05) is 32.7 Å². The average molecular weight is 554 g/mol. The van der Waals surface area contributed by atoms with Crippen molar-refractivity contribution >= 4 is 26.0 Å². The van der Waals surface area contributed by atoms with Crippen LogP contribution in [-0.2, 0) is 40.9 Å². The van der Waals surface area contributed by atoms with Gasteiger partial charge in [-0.05, 0) is 48.4 Å². The molecule has 0 aromatic heterocycles. The number of carbonyl (C=O) groups is 1. The molecule has 2 aliphatic heterocycles. The topological polar surface area (TPSA) is 132 Å². The van der Waals surface area contributed by atoms with E-state index in [0.717, 1.165) is 5.56 Å². The molecule has 4 rings (SSSR count). The molecule has 2 fully saturated rings. The maximum Gasteiger partial charge on any atom is 0.258 e. The summed E-state index contributed by atoms with van der Waals surface area (Å²) >= 11 is 0. The summed E-state index contributed by atoms with van der Waals surface area (Å²) in [6, 6.07) is 10.9.